The van der Waals surface area contributed by atoms with Crippen molar-refractivity contribution < 1.29 is 19.1 Å². The highest BCUT2D eigenvalue weighted by Crippen LogP contribution is 2.22. The largest absolute Gasteiger partial charge is 0.443 e. The lowest BCUT2D eigenvalue weighted by molar-refractivity contribution is -0.126. The van der Waals surface area contributed by atoms with Crippen LogP contribution in [0.5, 0.6) is 0 Å². The molecule has 3 heterocycles. The van der Waals surface area contributed by atoms with Crippen molar-refractivity contribution in [3.63, 3.8) is 0 Å². The maximum Gasteiger partial charge on any atom is 0.410 e. The number of amides is 2. The van der Waals surface area contributed by atoms with E-state index in [-0.39, 0.29) is 32.6 Å². The third-order valence-corrected chi connectivity index (χ3v) is 6.99. The van der Waals surface area contributed by atoms with E-state index in [0.29, 0.717) is 25.5 Å². The molecule has 0 spiro atoms. The molecule has 0 fully saturated rings. The number of nitrogens with zero attached hydrogens (tertiary/aromatic N) is 3. The number of fused-ring (bicyclic) bond motifs is 2. The van der Waals surface area contributed by atoms with Gasteiger partial charge in [0.15, 0.2) is 0 Å². The van der Waals surface area contributed by atoms with E-state index in [0.717, 1.165) is 28.8 Å². The first-order valence-electron chi connectivity index (χ1n) is 13.4. The van der Waals surface area contributed by atoms with Crippen LogP contribution in [0.2, 0.25) is 0 Å². The Morgan fingerprint density at radius 2 is 1.73 bits per heavy atom. The fraction of sp³-hybridized carbons (Fsp3) is 0.344. The molecule has 0 radical (unpaired) electrons. The van der Waals surface area contributed by atoms with Crippen molar-refractivity contribution in [1.29, 1.82) is 0 Å². The van der Waals surface area contributed by atoms with Gasteiger partial charge in [-0.25, -0.2) is 9.78 Å². The molecule has 9 heteroatoms. The van der Waals surface area contributed by atoms with Gasteiger partial charge in [0.05, 0.1) is 36.2 Å². The average Bonchev–Trinajstić information content (AvgIpc) is 3.40. The summed E-state index contributed by atoms with van der Waals surface area (Å²) >= 11 is 0. The first-order valence-corrected chi connectivity index (χ1v) is 13.4. The molecule has 4 aromatic rings. The van der Waals surface area contributed by atoms with E-state index in [1.54, 1.807) is 24.9 Å². The third-order valence-electron chi connectivity index (χ3n) is 6.99. The summed E-state index contributed by atoms with van der Waals surface area (Å²) in [5.41, 5.74) is 9.96. The minimum atomic E-state index is -1.09. The summed E-state index contributed by atoms with van der Waals surface area (Å²) in [6.07, 6.45) is 2.16. The van der Waals surface area contributed by atoms with Crippen LogP contribution in [-0.2, 0) is 40.4 Å². The first kappa shape index (κ1) is 29.8. The summed E-state index contributed by atoms with van der Waals surface area (Å²) < 4.78 is 13.7. The summed E-state index contributed by atoms with van der Waals surface area (Å²) in [7, 11) is 0. The predicted octanol–water partition coefficient (Wildman–Crippen LogP) is 4.78. The molecule has 9 nitrogen and oxygen atoms in total. The molecule has 2 amide bonds. The van der Waals surface area contributed by atoms with Crippen molar-refractivity contribution in [3.05, 3.63) is 107 Å². The molecule has 216 valence electrons. The Bertz CT molecular complexity index is 1480. The quantitative estimate of drug-likeness (QED) is 0.307. The Morgan fingerprint density at radius 1 is 1.00 bits per heavy atom. The summed E-state index contributed by atoms with van der Waals surface area (Å²) in [6.45, 7) is 5.04. The van der Waals surface area contributed by atoms with Crippen molar-refractivity contribution in [2.24, 2.45) is 5.73 Å². The van der Waals surface area contributed by atoms with Gasteiger partial charge in [-0.2, -0.15) is 0 Å². The molecule has 0 bridgehead atoms. The van der Waals surface area contributed by atoms with Gasteiger partial charge in [-0.05, 0) is 49.1 Å². The second-order valence-electron chi connectivity index (χ2n) is 10.6. The molecule has 2 aromatic carbocycles. The van der Waals surface area contributed by atoms with Crippen LogP contribution in [-0.4, -0.2) is 45.0 Å². The molecule has 1 aliphatic rings. The van der Waals surface area contributed by atoms with Gasteiger partial charge in [-0.15, -0.1) is 0 Å². The van der Waals surface area contributed by atoms with Crippen molar-refractivity contribution >= 4 is 17.5 Å². The van der Waals surface area contributed by atoms with Crippen molar-refractivity contribution in [2.45, 2.75) is 59.0 Å². The number of imidazole rings is 1. The summed E-state index contributed by atoms with van der Waals surface area (Å²) in [5.74, 6) is 0.242. The summed E-state index contributed by atoms with van der Waals surface area (Å²) in [5, 5.41) is 3.00. The van der Waals surface area contributed by atoms with E-state index in [2.05, 4.69) is 16.4 Å². The minimum Gasteiger partial charge on any atom is -0.443 e. The molecule has 0 unspecified atom stereocenters. The smallest absolute Gasteiger partial charge is 0.410 e. The topological polar surface area (TPSA) is 111 Å². The highest BCUT2D eigenvalue weighted by atomic mass is 16.6. The van der Waals surface area contributed by atoms with Crippen LogP contribution < -0.4 is 11.1 Å². The number of nitrogens with one attached hydrogen (secondary N) is 1. The van der Waals surface area contributed by atoms with Gasteiger partial charge in [-0.1, -0.05) is 68.1 Å². The number of hydrogen-bond acceptors (Lipinski definition) is 6. The second-order valence-corrected chi connectivity index (χ2v) is 10.6. The second kappa shape index (κ2) is 13.0. The van der Waals surface area contributed by atoms with E-state index in [1.807, 2.05) is 71.1 Å². The van der Waals surface area contributed by atoms with Crippen LogP contribution in [0.4, 0.5) is 4.79 Å². The van der Waals surface area contributed by atoms with Gasteiger partial charge in [0.25, 0.3) is 0 Å². The van der Waals surface area contributed by atoms with Crippen LogP contribution in [0.3, 0.4) is 0 Å². The SMILES string of the molecule is C.CC(C)(N)C(=O)N[C@H](COCc1ccccc1)c1ncc2cccc(COC(=O)N3CCc4ccccc4C3)n12. The number of nitrogens with two attached hydrogens (primary N) is 1. The number of carbonyl (C=O) groups excluding carboxylic acids is 2. The fourth-order valence-corrected chi connectivity index (χ4v) is 4.77. The van der Waals surface area contributed by atoms with Crippen molar-refractivity contribution in [3.8, 4) is 0 Å². The number of pyridine rings is 1. The zero-order valence-corrected chi connectivity index (χ0v) is 22.9. The van der Waals surface area contributed by atoms with E-state index < -0.39 is 11.6 Å². The number of benzene rings is 2. The number of rotatable bonds is 9. The van der Waals surface area contributed by atoms with Crippen LogP contribution >= 0.6 is 0 Å². The summed E-state index contributed by atoms with van der Waals surface area (Å²) in [4.78, 5) is 32.3. The molecular formula is C32H39N5O4. The van der Waals surface area contributed by atoms with Crippen LogP contribution in [0.15, 0.2) is 79.0 Å². The van der Waals surface area contributed by atoms with Gasteiger partial charge in [0.1, 0.15) is 18.5 Å². The van der Waals surface area contributed by atoms with Gasteiger partial charge in [0.2, 0.25) is 5.91 Å². The Labute approximate surface area is 241 Å². The molecule has 41 heavy (non-hydrogen) atoms. The van der Waals surface area contributed by atoms with Crippen LogP contribution in [0.25, 0.3) is 5.52 Å². The van der Waals surface area contributed by atoms with E-state index >= 15 is 0 Å². The zero-order valence-electron chi connectivity index (χ0n) is 22.9. The molecule has 1 aliphatic heterocycles. The maximum atomic E-state index is 13.0. The number of ether oxygens (including phenoxy) is 2. The first-order chi connectivity index (χ1) is 19.3. The maximum absolute atomic E-state index is 13.0. The van der Waals surface area contributed by atoms with Gasteiger partial charge in [0, 0.05) is 13.1 Å². The Kier molecular flexibility index (Phi) is 9.42. The standard InChI is InChI=1S/C31H35N5O4.CH4/c1-31(2,32)29(37)34-27(21-39-19-22-9-4-3-5-10-22)28-33-17-25-13-8-14-26(36(25)28)20-40-30(38)35-16-15-23-11-6-7-12-24(23)18-35;/h3-14,17,27H,15-16,18-21,32H2,1-2H3,(H,34,37);1H4/t27-;/m1./s1. The summed E-state index contributed by atoms with van der Waals surface area (Å²) in [6, 6.07) is 23.1. The Balaban J connectivity index is 0.00000387. The highest BCUT2D eigenvalue weighted by Gasteiger charge is 2.28. The molecule has 0 aliphatic carbocycles. The minimum absolute atomic E-state index is 0. The van der Waals surface area contributed by atoms with Crippen molar-refractivity contribution in [1.82, 2.24) is 19.6 Å². The number of hydrogen-bond donors (Lipinski definition) is 2. The lowest BCUT2D eigenvalue weighted by atomic mass is 10.0. The van der Waals surface area contributed by atoms with Crippen LogP contribution in [0.1, 0.15) is 55.5 Å². The number of carbonyl (C=O) groups is 2. The molecule has 0 saturated heterocycles. The van der Waals surface area contributed by atoms with E-state index in [1.165, 1.54) is 5.56 Å². The fourth-order valence-electron chi connectivity index (χ4n) is 4.77. The van der Waals surface area contributed by atoms with E-state index in [4.69, 9.17) is 15.2 Å². The molecule has 2 aromatic heterocycles. The van der Waals surface area contributed by atoms with E-state index in [9.17, 15) is 9.59 Å². The highest BCUT2D eigenvalue weighted by molar-refractivity contribution is 5.85. The predicted molar refractivity (Wildman–Crippen MR) is 158 cm³/mol. The average molecular weight is 558 g/mol. The van der Waals surface area contributed by atoms with Gasteiger partial charge in [-0.3, -0.25) is 9.20 Å². The lowest BCUT2D eigenvalue weighted by Crippen LogP contribution is -2.51. The normalized spacial score (nSPS) is 13.7. The Morgan fingerprint density at radius 3 is 2.49 bits per heavy atom. The molecule has 5 rings (SSSR count). The van der Waals surface area contributed by atoms with Crippen molar-refractivity contribution in [2.75, 3.05) is 13.2 Å². The van der Waals surface area contributed by atoms with Gasteiger partial charge >= 0.3 is 6.09 Å². The monoisotopic (exact) mass is 557 g/mol. The molecular weight excluding hydrogens is 518 g/mol. The lowest BCUT2D eigenvalue weighted by Gasteiger charge is -2.28. The third kappa shape index (κ3) is 7.11. The van der Waals surface area contributed by atoms with Crippen LogP contribution in [0, 0.1) is 0 Å². The van der Waals surface area contributed by atoms with Gasteiger partial charge < -0.3 is 25.4 Å². The number of aromatic nitrogens is 2. The molecule has 0 saturated carbocycles. The molecule has 1 atom stereocenters. The Hall–Kier alpha value is -4.21. The molecule has 3 N–H and O–H groups in total. The zero-order chi connectivity index (χ0) is 28.1.